The molecule has 2 heterocycles. The normalized spacial score (nSPS) is 10.8. The van der Waals surface area contributed by atoms with Crippen LogP contribution in [-0.2, 0) is 6.42 Å². The van der Waals surface area contributed by atoms with Crippen LogP contribution in [0.4, 0.5) is 5.69 Å². The predicted octanol–water partition coefficient (Wildman–Crippen LogP) is 2.38. The van der Waals surface area contributed by atoms with Crippen molar-refractivity contribution in [2.75, 3.05) is 5.84 Å². The van der Waals surface area contributed by atoms with Crippen LogP contribution in [0.2, 0.25) is 0 Å². The van der Waals surface area contributed by atoms with E-state index in [1.807, 2.05) is 13.0 Å². The van der Waals surface area contributed by atoms with Crippen molar-refractivity contribution in [3.8, 4) is 11.4 Å². The minimum Gasteiger partial charge on any atom is -0.336 e. The maximum absolute atomic E-state index is 10.8. The third kappa shape index (κ3) is 3.58. The molecule has 0 radical (unpaired) electrons. The van der Waals surface area contributed by atoms with E-state index in [4.69, 9.17) is 5.84 Å². The zero-order valence-electron chi connectivity index (χ0n) is 13.6. The molecule has 10 heteroatoms. The fourth-order valence-corrected chi connectivity index (χ4v) is 2.91. The van der Waals surface area contributed by atoms with Gasteiger partial charge in [0.25, 0.3) is 5.69 Å². The zero-order chi connectivity index (χ0) is 18.0. The van der Waals surface area contributed by atoms with Gasteiger partial charge in [-0.15, -0.1) is 10.2 Å². The van der Waals surface area contributed by atoms with Gasteiger partial charge in [-0.3, -0.25) is 10.1 Å². The lowest BCUT2D eigenvalue weighted by molar-refractivity contribution is -0.384. The SMILES string of the molecule is CCc1cc(Sc2nnc(C)n2N)nc(-c2ccc([N+](=O)[O-])cc2)n1. The second kappa shape index (κ2) is 6.85. The molecule has 9 nitrogen and oxygen atoms in total. The highest BCUT2D eigenvalue weighted by Gasteiger charge is 2.13. The number of aromatic nitrogens is 5. The lowest BCUT2D eigenvalue weighted by Crippen LogP contribution is -2.11. The molecular formula is C15H15N7O2S. The molecule has 3 rings (SSSR count). The summed E-state index contributed by atoms with van der Waals surface area (Å²) in [6.45, 7) is 3.75. The van der Waals surface area contributed by atoms with Crippen molar-refractivity contribution in [2.45, 2.75) is 30.5 Å². The number of benzene rings is 1. The van der Waals surface area contributed by atoms with Crippen LogP contribution in [0.25, 0.3) is 11.4 Å². The fraction of sp³-hybridized carbons (Fsp3) is 0.200. The van der Waals surface area contributed by atoms with Gasteiger partial charge >= 0.3 is 0 Å². The smallest absolute Gasteiger partial charge is 0.269 e. The van der Waals surface area contributed by atoms with Crippen LogP contribution in [0.3, 0.4) is 0 Å². The quantitative estimate of drug-likeness (QED) is 0.319. The summed E-state index contributed by atoms with van der Waals surface area (Å²) in [6.07, 6.45) is 0.727. The molecule has 3 aromatic rings. The minimum absolute atomic E-state index is 0.0247. The van der Waals surface area contributed by atoms with Crippen LogP contribution in [-0.4, -0.2) is 29.8 Å². The van der Waals surface area contributed by atoms with E-state index in [9.17, 15) is 10.1 Å². The third-order valence-electron chi connectivity index (χ3n) is 3.49. The standard InChI is InChI=1S/C15H15N7O2S/c1-3-11-8-13(25-15-20-19-9(2)21(15)16)18-14(17-11)10-4-6-12(7-5-10)22(23)24/h4-8H,3,16H2,1-2H3. The van der Waals surface area contributed by atoms with Crippen molar-refractivity contribution in [1.29, 1.82) is 0 Å². The van der Waals surface area contributed by atoms with Gasteiger partial charge in [0.2, 0.25) is 5.16 Å². The maximum atomic E-state index is 10.8. The second-order valence-corrected chi connectivity index (χ2v) is 6.17. The molecule has 1 aromatic carbocycles. The monoisotopic (exact) mass is 357 g/mol. The van der Waals surface area contributed by atoms with Gasteiger partial charge in [0.15, 0.2) is 5.82 Å². The lowest BCUT2D eigenvalue weighted by atomic mass is 10.2. The number of hydrogen-bond donors (Lipinski definition) is 1. The first-order chi connectivity index (χ1) is 12.0. The molecule has 0 bridgehead atoms. The average molecular weight is 357 g/mol. The highest BCUT2D eigenvalue weighted by molar-refractivity contribution is 7.99. The maximum Gasteiger partial charge on any atom is 0.269 e. The van der Waals surface area contributed by atoms with E-state index in [-0.39, 0.29) is 5.69 Å². The molecule has 0 spiro atoms. The van der Waals surface area contributed by atoms with Crippen LogP contribution < -0.4 is 5.84 Å². The fourth-order valence-electron chi connectivity index (χ4n) is 2.08. The molecule has 2 N–H and O–H groups in total. The number of nitro benzene ring substituents is 1. The zero-order valence-corrected chi connectivity index (χ0v) is 14.4. The summed E-state index contributed by atoms with van der Waals surface area (Å²) >= 11 is 1.29. The van der Waals surface area contributed by atoms with Crippen molar-refractivity contribution >= 4 is 17.4 Å². The molecule has 0 unspecified atom stereocenters. The van der Waals surface area contributed by atoms with Gasteiger partial charge < -0.3 is 5.84 Å². The first kappa shape index (κ1) is 16.8. The Hall–Kier alpha value is -3.01. The Bertz CT molecular complexity index is 924. The van der Waals surface area contributed by atoms with Gasteiger partial charge in [0.1, 0.15) is 10.9 Å². The van der Waals surface area contributed by atoms with Crippen molar-refractivity contribution in [2.24, 2.45) is 0 Å². The molecule has 0 aliphatic rings. The van der Waals surface area contributed by atoms with E-state index >= 15 is 0 Å². The molecule has 0 fully saturated rings. The van der Waals surface area contributed by atoms with Crippen LogP contribution in [0.5, 0.6) is 0 Å². The summed E-state index contributed by atoms with van der Waals surface area (Å²) in [6, 6.07) is 8.01. The summed E-state index contributed by atoms with van der Waals surface area (Å²) in [4.78, 5) is 19.4. The second-order valence-electron chi connectivity index (χ2n) is 5.18. The Labute approximate surface area is 147 Å². The van der Waals surface area contributed by atoms with Crippen LogP contribution >= 0.6 is 11.8 Å². The van der Waals surface area contributed by atoms with Gasteiger partial charge in [-0.25, -0.2) is 14.6 Å². The van der Waals surface area contributed by atoms with Crippen molar-refractivity contribution < 1.29 is 4.92 Å². The van der Waals surface area contributed by atoms with Gasteiger partial charge in [-0.05, 0) is 43.3 Å². The molecule has 0 amide bonds. The molecule has 128 valence electrons. The molecule has 2 aromatic heterocycles. The third-order valence-corrected chi connectivity index (χ3v) is 4.36. The lowest BCUT2D eigenvalue weighted by Gasteiger charge is -2.07. The van der Waals surface area contributed by atoms with E-state index in [1.165, 1.54) is 28.6 Å². The first-order valence-corrected chi connectivity index (χ1v) is 8.27. The molecule has 25 heavy (non-hydrogen) atoms. The number of nitro groups is 1. The van der Waals surface area contributed by atoms with Gasteiger partial charge in [0.05, 0.1) is 4.92 Å². The van der Waals surface area contributed by atoms with Crippen molar-refractivity contribution in [3.63, 3.8) is 0 Å². The Morgan fingerprint density at radius 1 is 1.24 bits per heavy atom. The number of rotatable bonds is 5. The molecule has 0 aliphatic carbocycles. The number of hydrogen-bond acceptors (Lipinski definition) is 8. The number of nitrogens with two attached hydrogens (primary N) is 1. The summed E-state index contributed by atoms with van der Waals surface area (Å²) in [5.41, 5.74) is 1.58. The highest BCUT2D eigenvalue weighted by atomic mass is 32.2. The van der Waals surface area contributed by atoms with Gasteiger partial charge in [-0.2, -0.15) is 0 Å². The molecule has 0 atom stereocenters. The molecule has 0 saturated heterocycles. The average Bonchev–Trinajstić information content (AvgIpc) is 2.93. The van der Waals surface area contributed by atoms with E-state index in [0.29, 0.717) is 27.4 Å². The predicted molar refractivity (Wildman–Crippen MR) is 92.5 cm³/mol. The molecular weight excluding hydrogens is 342 g/mol. The minimum atomic E-state index is -0.440. The van der Waals surface area contributed by atoms with E-state index in [2.05, 4.69) is 20.2 Å². The van der Waals surface area contributed by atoms with Crippen LogP contribution in [0.1, 0.15) is 18.4 Å². The summed E-state index contributed by atoms with van der Waals surface area (Å²) in [5, 5.41) is 19.9. The van der Waals surface area contributed by atoms with E-state index in [0.717, 1.165) is 12.1 Å². The van der Waals surface area contributed by atoms with Crippen molar-refractivity contribution in [1.82, 2.24) is 24.8 Å². The van der Waals surface area contributed by atoms with Gasteiger partial charge in [0, 0.05) is 23.4 Å². The highest BCUT2D eigenvalue weighted by Crippen LogP contribution is 2.27. The molecule has 0 aliphatic heterocycles. The van der Waals surface area contributed by atoms with Crippen molar-refractivity contribution in [3.05, 3.63) is 52.0 Å². The summed E-state index contributed by atoms with van der Waals surface area (Å²) < 4.78 is 1.39. The van der Waals surface area contributed by atoms with Crippen LogP contribution in [0, 0.1) is 17.0 Å². The van der Waals surface area contributed by atoms with E-state index in [1.54, 1.807) is 19.1 Å². The van der Waals surface area contributed by atoms with E-state index < -0.39 is 4.92 Å². The number of aryl methyl sites for hydroxylation is 2. The number of nitrogen functional groups attached to an aromatic ring is 1. The summed E-state index contributed by atoms with van der Waals surface area (Å²) in [5.74, 6) is 6.98. The van der Waals surface area contributed by atoms with Crippen LogP contribution in [0.15, 0.2) is 40.5 Å². The topological polar surface area (TPSA) is 126 Å². The Morgan fingerprint density at radius 3 is 2.52 bits per heavy atom. The largest absolute Gasteiger partial charge is 0.336 e. The Kier molecular flexibility index (Phi) is 4.61. The van der Waals surface area contributed by atoms with Gasteiger partial charge in [-0.1, -0.05) is 6.92 Å². The first-order valence-electron chi connectivity index (χ1n) is 7.45. The number of nitrogens with zero attached hydrogens (tertiary/aromatic N) is 6. The summed E-state index contributed by atoms with van der Waals surface area (Å²) in [7, 11) is 0. The molecule has 0 saturated carbocycles. The number of non-ortho nitro benzene ring substituents is 1. The Balaban J connectivity index is 1.97. The Morgan fingerprint density at radius 2 is 1.96 bits per heavy atom.